The molecule has 0 spiro atoms. The molecule has 1 aromatic heterocycles. The van der Waals surface area contributed by atoms with Gasteiger partial charge in [-0.3, -0.25) is 0 Å². The Balaban J connectivity index is 0.000000581. The molecule has 2 heterocycles. The minimum absolute atomic E-state index is 0.0836. The van der Waals surface area contributed by atoms with Gasteiger partial charge in [0.1, 0.15) is 0 Å². The Morgan fingerprint density at radius 3 is 2.53 bits per heavy atom. The molecule has 0 aliphatic carbocycles. The summed E-state index contributed by atoms with van der Waals surface area (Å²) < 4.78 is 5.36. The number of fused-ring (bicyclic) bond motifs is 1. The monoisotopic (exact) mass is 259 g/mol. The van der Waals surface area contributed by atoms with Crippen LogP contribution in [0.4, 0.5) is 0 Å². The van der Waals surface area contributed by atoms with Crippen LogP contribution in [0.3, 0.4) is 0 Å². The van der Waals surface area contributed by atoms with Crippen LogP contribution in [0, 0.1) is 0 Å². The summed E-state index contributed by atoms with van der Waals surface area (Å²) in [5.41, 5.74) is 1.64. The molecule has 98 valence electrons. The first kappa shape index (κ1) is 16.2. The Labute approximate surface area is 109 Å². The zero-order chi connectivity index (χ0) is 13.4. The van der Waals surface area contributed by atoms with E-state index in [1.54, 1.807) is 0 Å². The number of halogens is 1. The van der Waals surface area contributed by atoms with Crippen molar-refractivity contribution in [3.8, 4) is 5.75 Å². The van der Waals surface area contributed by atoms with Crippen LogP contribution in [0.5, 0.6) is 5.75 Å². The standard InChI is InChI=1S/C9H10ClNO2.2C2H6/c1-5-4-13-8-7(5)2-6(3-12)11-9(8)10;2*1-2/h2,5,12H,3-4H2,1H3;2*1-2H3. The predicted octanol–water partition coefficient (Wildman–Crippen LogP) is 3.78. The molecule has 1 atom stereocenters. The third kappa shape index (κ3) is 3.86. The number of aliphatic hydroxyl groups excluding tert-OH is 1. The first-order chi connectivity index (χ1) is 8.22. The summed E-state index contributed by atoms with van der Waals surface area (Å²) in [6.45, 7) is 10.6. The van der Waals surface area contributed by atoms with Crippen molar-refractivity contribution in [3.63, 3.8) is 0 Å². The smallest absolute Gasteiger partial charge is 0.171 e. The van der Waals surface area contributed by atoms with Crippen LogP contribution in [0.1, 0.15) is 51.8 Å². The molecule has 1 aliphatic heterocycles. The van der Waals surface area contributed by atoms with Crippen molar-refractivity contribution in [1.29, 1.82) is 0 Å². The number of hydrogen-bond donors (Lipinski definition) is 1. The van der Waals surface area contributed by atoms with Crippen molar-refractivity contribution < 1.29 is 9.84 Å². The lowest BCUT2D eigenvalue weighted by Crippen LogP contribution is -1.94. The number of ether oxygens (including phenoxy) is 1. The number of aromatic nitrogens is 1. The summed E-state index contributed by atoms with van der Waals surface area (Å²) in [6.07, 6.45) is 0. The zero-order valence-electron chi connectivity index (χ0n) is 11.2. The van der Waals surface area contributed by atoms with Crippen LogP contribution >= 0.6 is 11.6 Å². The van der Waals surface area contributed by atoms with Crippen LogP contribution in [-0.4, -0.2) is 16.7 Å². The molecule has 0 aromatic carbocycles. The van der Waals surface area contributed by atoms with Crippen molar-refractivity contribution in [1.82, 2.24) is 4.98 Å². The largest absolute Gasteiger partial charge is 0.489 e. The minimum atomic E-state index is -0.0836. The second-order valence-corrected chi connectivity index (χ2v) is 3.55. The van der Waals surface area contributed by atoms with E-state index in [1.807, 2.05) is 33.8 Å². The minimum Gasteiger partial charge on any atom is -0.489 e. The molecule has 4 heteroatoms. The Hall–Kier alpha value is -0.800. The van der Waals surface area contributed by atoms with Crippen LogP contribution in [-0.2, 0) is 6.61 Å². The van der Waals surface area contributed by atoms with E-state index in [0.717, 1.165) is 5.56 Å². The van der Waals surface area contributed by atoms with Crippen molar-refractivity contribution in [2.24, 2.45) is 0 Å². The van der Waals surface area contributed by atoms with Gasteiger partial charge in [-0.1, -0.05) is 46.2 Å². The fourth-order valence-electron chi connectivity index (χ4n) is 1.46. The first-order valence-electron chi connectivity index (χ1n) is 6.15. The second-order valence-electron chi connectivity index (χ2n) is 3.19. The summed E-state index contributed by atoms with van der Waals surface area (Å²) in [5.74, 6) is 1.01. The van der Waals surface area contributed by atoms with Crippen LogP contribution in [0.25, 0.3) is 0 Å². The summed E-state index contributed by atoms with van der Waals surface area (Å²) in [5, 5.41) is 9.27. The van der Waals surface area contributed by atoms with Crippen molar-refractivity contribution >= 4 is 11.6 Å². The predicted molar refractivity (Wildman–Crippen MR) is 71.8 cm³/mol. The van der Waals surface area contributed by atoms with Gasteiger partial charge in [-0.2, -0.15) is 0 Å². The van der Waals surface area contributed by atoms with Crippen molar-refractivity contribution in [2.45, 2.75) is 47.1 Å². The van der Waals surface area contributed by atoms with Gasteiger partial charge in [-0.25, -0.2) is 4.98 Å². The lowest BCUT2D eigenvalue weighted by Gasteiger charge is -2.04. The van der Waals surface area contributed by atoms with E-state index in [9.17, 15) is 0 Å². The molecule has 0 saturated carbocycles. The van der Waals surface area contributed by atoms with E-state index in [0.29, 0.717) is 29.1 Å². The van der Waals surface area contributed by atoms with Gasteiger partial charge < -0.3 is 9.84 Å². The van der Waals surface area contributed by atoms with Gasteiger partial charge in [0.15, 0.2) is 10.9 Å². The van der Waals surface area contributed by atoms with Gasteiger partial charge in [0.05, 0.1) is 18.9 Å². The highest BCUT2D eigenvalue weighted by atomic mass is 35.5. The van der Waals surface area contributed by atoms with Gasteiger partial charge in [0, 0.05) is 11.5 Å². The summed E-state index contributed by atoms with van der Waals surface area (Å²) in [7, 11) is 0. The zero-order valence-corrected chi connectivity index (χ0v) is 12.0. The van der Waals surface area contributed by atoms with Gasteiger partial charge in [-0.05, 0) is 6.07 Å². The molecule has 0 amide bonds. The maximum absolute atomic E-state index is 8.92. The lowest BCUT2D eigenvalue weighted by molar-refractivity contribution is 0.276. The molecule has 1 aromatic rings. The van der Waals surface area contributed by atoms with Crippen LogP contribution in [0.15, 0.2) is 6.07 Å². The molecule has 0 fully saturated rings. The third-order valence-corrected chi connectivity index (χ3v) is 2.44. The van der Waals surface area contributed by atoms with Crippen molar-refractivity contribution in [3.05, 3.63) is 22.5 Å². The molecule has 3 nitrogen and oxygen atoms in total. The maximum atomic E-state index is 8.92. The molecule has 17 heavy (non-hydrogen) atoms. The van der Waals surface area contributed by atoms with Crippen molar-refractivity contribution in [2.75, 3.05) is 6.61 Å². The van der Waals surface area contributed by atoms with Gasteiger partial charge >= 0.3 is 0 Å². The third-order valence-electron chi connectivity index (χ3n) is 2.18. The van der Waals surface area contributed by atoms with E-state index in [1.165, 1.54) is 0 Å². The highest BCUT2D eigenvalue weighted by Crippen LogP contribution is 2.38. The highest BCUT2D eigenvalue weighted by molar-refractivity contribution is 6.31. The Morgan fingerprint density at radius 1 is 1.41 bits per heavy atom. The fourth-order valence-corrected chi connectivity index (χ4v) is 1.73. The summed E-state index contributed by atoms with van der Waals surface area (Å²) in [4.78, 5) is 3.99. The quantitative estimate of drug-likeness (QED) is 0.781. The molecule has 0 bridgehead atoms. The Bertz CT molecular complexity index is 342. The normalized spacial score (nSPS) is 15.8. The molecular weight excluding hydrogens is 238 g/mol. The van der Waals surface area contributed by atoms with Gasteiger partial charge in [-0.15, -0.1) is 0 Å². The first-order valence-corrected chi connectivity index (χ1v) is 6.53. The molecular formula is C13H22ClNO2. The fraction of sp³-hybridized carbons (Fsp3) is 0.615. The average molecular weight is 260 g/mol. The molecule has 1 unspecified atom stereocenters. The van der Waals surface area contributed by atoms with E-state index < -0.39 is 0 Å². The highest BCUT2D eigenvalue weighted by Gasteiger charge is 2.24. The molecule has 0 radical (unpaired) electrons. The average Bonchev–Trinajstić information content (AvgIpc) is 2.77. The number of pyridine rings is 1. The number of aliphatic hydroxyl groups is 1. The maximum Gasteiger partial charge on any atom is 0.171 e. The SMILES string of the molecule is CC.CC.CC1COc2c1cc(CO)nc2Cl. The molecule has 0 saturated heterocycles. The van der Waals surface area contributed by atoms with E-state index in [2.05, 4.69) is 11.9 Å². The second kappa shape index (κ2) is 8.31. The van der Waals surface area contributed by atoms with E-state index >= 15 is 0 Å². The Kier molecular flexibility index (Phi) is 7.92. The Morgan fingerprint density at radius 2 is 2.00 bits per heavy atom. The number of hydrogen-bond acceptors (Lipinski definition) is 3. The molecule has 1 N–H and O–H groups in total. The van der Waals surface area contributed by atoms with E-state index in [4.69, 9.17) is 21.4 Å². The van der Waals surface area contributed by atoms with Gasteiger partial charge in [0.25, 0.3) is 0 Å². The van der Waals surface area contributed by atoms with E-state index in [-0.39, 0.29) is 6.61 Å². The molecule has 1 aliphatic rings. The lowest BCUT2D eigenvalue weighted by atomic mass is 10.0. The number of nitrogens with zero attached hydrogens (tertiary/aromatic N) is 1. The van der Waals surface area contributed by atoms with Crippen LogP contribution in [0.2, 0.25) is 5.15 Å². The van der Waals surface area contributed by atoms with Crippen LogP contribution < -0.4 is 4.74 Å². The topological polar surface area (TPSA) is 42.4 Å². The summed E-state index contributed by atoms with van der Waals surface area (Å²) in [6, 6.07) is 1.85. The summed E-state index contributed by atoms with van der Waals surface area (Å²) >= 11 is 5.87. The molecule has 2 rings (SSSR count). The number of rotatable bonds is 1. The van der Waals surface area contributed by atoms with Gasteiger partial charge in [0.2, 0.25) is 0 Å².